The van der Waals surface area contributed by atoms with Crippen LogP contribution in [0.4, 0.5) is 0 Å². The van der Waals surface area contributed by atoms with E-state index in [0.29, 0.717) is 32.4 Å². The summed E-state index contributed by atoms with van der Waals surface area (Å²) in [6, 6.07) is 9.07. The van der Waals surface area contributed by atoms with Crippen molar-refractivity contribution in [2.24, 2.45) is 5.92 Å². The Kier molecular flexibility index (Phi) is 4.83. The molecule has 2 fully saturated rings. The van der Waals surface area contributed by atoms with Crippen LogP contribution in [0.15, 0.2) is 30.3 Å². The molecule has 2 unspecified atom stereocenters. The number of hydrogen-bond acceptors (Lipinski definition) is 3. The molecular formula is C18H22N2O4. The van der Waals surface area contributed by atoms with Gasteiger partial charge in [-0.15, -0.1) is 0 Å². The van der Waals surface area contributed by atoms with E-state index in [0.717, 1.165) is 12.0 Å². The second-order valence-electron chi connectivity index (χ2n) is 6.52. The molecule has 2 amide bonds. The predicted molar refractivity (Wildman–Crippen MR) is 87.2 cm³/mol. The minimum absolute atomic E-state index is 0.0361. The third-order valence-electron chi connectivity index (χ3n) is 4.91. The van der Waals surface area contributed by atoms with Gasteiger partial charge in [0.25, 0.3) is 0 Å². The number of rotatable bonds is 4. The number of carboxylic acid groups (broad SMARTS) is 1. The number of likely N-dealkylation sites (tertiary alicyclic amines) is 2. The molecule has 3 rings (SSSR count). The Morgan fingerprint density at radius 2 is 1.83 bits per heavy atom. The normalized spacial score (nSPS) is 23.5. The second kappa shape index (κ2) is 7.03. The number of carbonyl (C=O) groups is 3. The van der Waals surface area contributed by atoms with E-state index in [1.54, 1.807) is 9.80 Å². The van der Waals surface area contributed by atoms with Gasteiger partial charge in [0.15, 0.2) is 0 Å². The van der Waals surface area contributed by atoms with E-state index >= 15 is 0 Å². The number of carbonyl (C=O) groups excluding carboxylic acids is 2. The maximum absolute atomic E-state index is 12.7. The summed E-state index contributed by atoms with van der Waals surface area (Å²) in [4.78, 5) is 39.6. The highest BCUT2D eigenvalue weighted by Gasteiger charge is 2.39. The van der Waals surface area contributed by atoms with Gasteiger partial charge in [-0.1, -0.05) is 30.3 Å². The lowest BCUT2D eigenvalue weighted by Gasteiger charge is -2.28. The van der Waals surface area contributed by atoms with Gasteiger partial charge in [0.05, 0.1) is 12.3 Å². The fourth-order valence-electron chi connectivity index (χ4n) is 3.57. The molecule has 2 aliphatic rings. The van der Waals surface area contributed by atoms with E-state index < -0.39 is 17.9 Å². The molecule has 0 radical (unpaired) electrons. The Hall–Kier alpha value is -2.37. The van der Waals surface area contributed by atoms with Crippen LogP contribution in [0.1, 0.15) is 24.8 Å². The van der Waals surface area contributed by atoms with Crippen molar-refractivity contribution in [1.82, 2.24) is 9.80 Å². The van der Waals surface area contributed by atoms with Gasteiger partial charge in [0, 0.05) is 19.6 Å². The van der Waals surface area contributed by atoms with E-state index in [1.807, 2.05) is 30.3 Å². The predicted octanol–water partition coefficient (Wildman–Crippen LogP) is 1.15. The van der Waals surface area contributed by atoms with E-state index in [1.165, 1.54) is 0 Å². The van der Waals surface area contributed by atoms with Gasteiger partial charge in [0.2, 0.25) is 11.8 Å². The van der Waals surface area contributed by atoms with Crippen LogP contribution in [0.5, 0.6) is 0 Å². The lowest BCUT2D eigenvalue weighted by atomic mass is 10.1. The van der Waals surface area contributed by atoms with Crippen LogP contribution in [-0.2, 0) is 20.8 Å². The van der Waals surface area contributed by atoms with Crippen molar-refractivity contribution in [3.63, 3.8) is 0 Å². The molecule has 128 valence electrons. The number of hydrogen-bond donors (Lipinski definition) is 1. The van der Waals surface area contributed by atoms with E-state index in [2.05, 4.69) is 0 Å². The average molecular weight is 330 g/mol. The van der Waals surface area contributed by atoms with Crippen molar-refractivity contribution >= 4 is 17.8 Å². The van der Waals surface area contributed by atoms with Gasteiger partial charge in [-0.25, -0.2) is 0 Å². The first-order valence-electron chi connectivity index (χ1n) is 8.41. The number of amides is 2. The summed E-state index contributed by atoms with van der Waals surface area (Å²) >= 11 is 0. The third kappa shape index (κ3) is 3.42. The molecular weight excluding hydrogens is 308 g/mol. The lowest BCUT2D eigenvalue weighted by molar-refractivity contribution is -0.144. The fraction of sp³-hybridized carbons (Fsp3) is 0.500. The molecule has 2 saturated heterocycles. The Morgan fingerprint density at radius 1 is 1.08 bits per heavy atom. The molecule has 0 spiro atoms. The van der Waals surface area contributed by atoms with Crippen molar-refractivity contribution in [3.05, 3.63) is 35.9 Å². The van der Waals surface area contributed by atoms with Crippen molar-refractivity contribution in [2.45, 2.75) is 31.7 Å². The minimum Gasteiger partial charge on any atom is -0.481 e. The molecule has 2 aliphatic heterocycles. The molecule has 1 aromatic carbocycles. The SMILES string of the molecule is O=C(O)C1CCN(C(=O)C2CCCN2C(=O)Cc2ccccc2)C1. The molecule has 0 saturated carbocycles. The van der Waals surface area contributed by atoms with Crippen LogP contribution in [0.2, 0.25) is 0 Å². The van der Waals surface area contributed by atoms with Crippen molar-refractivity contribution in [1.29, 1.82) is 0 Å². The molecule has 6 nitrogen and oxygen atoms in total. The topological polar surface area (TPSA) is 77.9 Å². The summed E-state index contributed by atoms with van der Waals surface area (Å²) < 4.78 is 0. The Morgan fingerprint density at radius 3 is 2.50 bits per heavy atom. The first-order chi connectivity index (χ1) is 11.6. The van der Waals surface area contributed by atoms with Crippen LogP contribution < -0.4 is 0 Å². The van der Waals surface area contributed by atoms with Crippen LogP contribution in [0, 0.1) is 5.92 Å². The molecule has 0 aliphatic carbocycles. The van der Waals surface area contributed by atoms with Crippen LogP contribution in [-0.4, -0.2) is 58.4 Å². The summed E-state index contributed by atoms with van der Waals surface area (Å²) in [5, 5.41) is 9.08. The largest absolute Gasteiger partial charge is 0.481 e. The Bertz CT molecular complexity index is 631. The quantitative estimate of drug-likeness (QED) is 0.898. The zero-order valence-electron chi connectivity index (χ0n) is 13.6. The molecule has 0 bridgehead atoms. The molecule has 24 heavy (non-hydrogen) atoms. The summed E-state index contributed by atoms with van der Waals surface area (Å²) in [6.07, 6.45) is 2.26. The maximum Gasteiger partial charge on any atom is 0.308 e. The van der Waals surface area contributed by atoms with Crippen molar-refractivity contribution in [3.8, 4) is 0 Å². The van der Waals surface area contributed by atoms with Gasteiger partial charge < -0.3 is 14.9 Å². The van der Waals surface area contributed by atoms with Crippen molar-refractivity contribution in [2.75, 3.05) is 19.6 Å². The molecule has 1 aromatic rings. The zero-order chi connectivity index (χ0) is 17.1. The molecule has 1 N–H and O–H groups in total. The summed E-state index contributed by atoms with van der Waals surface area (Å²) in [6.45, 7) is 1.32. The van der Waals surface area contributed by atoms with E-state index in [4.69, 9.17) is 5.11 Å². The zero-order valence-corrected chi connectivity index (χ0v) is 13.6. The number of aliphatic carboxylic acids is 1. The highest BCUT2D eigenvalue weighted by Crippen LogP contribution is 2.24. The van der Waals surface area contributed by atoms with Crippen LogP contribution in [0.25, 0.3) is 0 Å². The first-order valence-corrected chi connectivity index (χ1v) is 8.41. The highest BCUT2D eigenvalue weighted by atomic mass is 16.4. The van der Waals surface area contributed by atoms with Gasteiger partial charge in [-0.3, -0.25) is 14.4 Å². The number of carboxylic acids is 1. The smallest absolute Gasteiger partial charge is 0.308 e. The maximum atomic E-state index is 12.7. The number of benzene rings is 1. The van der Waals surface area contributed by atoms with Crippen molar-refractivity contribution < 1.29 is 19.5 Å². The number of nitrogens with zero attached hydrogens (tertiary/aromatic N) is 2. The van der Waals surface area contributed by atoms with Gasteiger partial charge in [-0.05, 0) is 24.8 Å². The lowest BCUT2D eigenvalue weighted by Crippen LogP contribution is -2.47. The summed E-state index contributed by atoms with van der Waals surface area (Å²) in [7, 11) is 0. The minimum atomic E-state index is -0.853. The summed E-state index contributed by atoms with van der Waals surface area (Å²) in [5.41, 5.74) is 0.938. The van der Waals surface area contributed by atoms with Crippen LogP contribution >= 0.6 is 0 Å². The van der Waals surface area contributed by atoms with E-state index in [9.17, 15) is 14.4 Å². The van der Waals surface area contributed by atoms with Crippen LogP contribution in [0.3, 0.4) is 0 Å². The molecule has 6 heteroatoms. The first kappa shape index (κ1) is 16.5. The van der Waals surface area contributed by atoms with Gasteiger partial charge >= 0.3 is 5.97 Å². The Balaban J connectivity index is 1.63. The fourth-order valence-corrected chi connectivity index (χ4v) is 3.57. The molecule has 2 atom stereocenters. The Labute approximate surface area is 141 Å². The van der Waals surface area contributed by atoms with Gasteiger partial charge in [-0.2, -0.15) is 0 Å². The second-order valence-corrected chi connectivity index (χ2v) is 6.52. The third-order valence-corrected chi connectivity index (χ3v) is 4.91. The monoisotopic (exact) mass is 330 g/mol. The highest BCUT2D eigenvalue weighted by molar-refractivity contribution is 5.89. The van der Waals surface area contributed by atoms with Gasteiger partial charge in [0.1, 0.15) is 6.04 Å². The summed E-state index contributed by atoms with van der Waals surface area (Å²) in [5.74, 6) is -1.47. The average Bonchev–Trinajstić information content (AvgIpc) is 3.25. The van der Waals surface area contributed by atoms with E-state index in [-0.39, 0.29) is 18.4 Å². The standard InChI is InChI=1S/C18H22N2O4/c21-16(11-13-5-2-1-3-6-13)20-9-4-7-15(20)17(22)19-10-8-14(12-19)18(23)24/h1-3,5-6,14-15H,4,7-12H2,(H,23,24). The molecule has 2 heterocycles. The molecule has 0 aromatic heterocycles.